The summed E-state index contributed by atoms with van der Waals surface area (Å²) in [6.07, 6.45) is 1.42. The number of amides is 2. The van der Waals surface area contributed by atoms with Crippen molar-refractivity contribution >= 4 is 22.7 Å². The van der Waals surface area contributed by atoms with Gasteiger partial charge in [-0.15, -0.1) is 0 Å². The highest BCUT2D eigenvalue weighted by Crippen LogP contribution is 2.28. The van der Waals surface area contributed by atoms with E-state index in [1.54, 1.807) is 12.1 Å². The number of piperidine rings is 1. The third-order valence-corrected chi connectivity index (χ3v) is 5.66. The van der Waals surface area contributed by atoms with E-state index in [1.165, 1.54) is 0 Å². The molecule has 0 saturated carbocycles. The van der Waals surface area contributed by atoms with Crippen LogP contribution in [0.25, 0.3) is 10.9 Å². The standard InChI is InChI=1S/C20H23N3O4/c1-14-10-17(24)15-4-2-3-5-16(15)23(14)11-19(26)22-8-6-20(7-9-22)13-21-18(25)12-27-20/h2-5,10H,6-9,11-13H2,1H3,(H,21,25). The van der Waals surface area contributed by atoms with Gasteiger partial charge in [0.15, 0.2) is 5.43 Å². The van der Waals surface area contributed by atoms with E-state index in [1.807, 2.05) is 34.6 Å². The Hall–Kier alpha value is -2.67. The van der Waals surface area contributed by atoms with Crippen LogP contribution in [0.3, 0.4) is 0 Å². The number of hydrogen-bond acceptors (Lipinski definition) is 4. The van der Waals surface area contributed by atoms with Crippen LogP contribution in [0.2, 0.25) is 0 Å². The van der Waals surface area contributed by atoms with E-state index in [-0.39, 0.29) is 36.0 Å². The third kappa shape index (κ3) is 3.35. The van der Waals surface area contributed by atoms with E-state index >= 15 is 0 Å². The van der Waals surface area contributed by atoms with Gasteiger partial charge in [0.05, 0.1) is 11.1 Å². The fourth-order valence-corrected chi connectivity index (χ4v) is 3.96. The lowest BCUT2D eigenvalue weighted by atomic mass is 9.90. The number of likely N-dealkylation sites (tertiary alicyclic amines) is 1. The normalized spacial score (nSPS) is 19.3. The zero-order valence-corrected chi connectivity index (χ0v) is 15.4. The Morgan fingerprint density at radius 1 is 1.22 bits per heavy atom. The molecule has 7 heteroatoms. The van der Waals surface area contributed by atoms with Crippen LogP contribution in [0.1, 0.15) is 18.5 Å². The Bertz CT molecular complexity index is 945. The molecular weight excluding hydrogens is 346 g/mol. The predicted molar refractivity (Wildman–Crippen MR) is 100 cm³/mol. The minimum Gasteiger partial charge on any atom is -0.363 e. The van der Waals surface area contributed by atoms with Gasteiger partial charge in [-0.2, -0.15) is 0 Å². The molecule has 4 rings (SSSR count). The molecule has 1 aromatic heterocycles. The molecule has 0 aliphatic carbocycles. The summed E-state index contributed by atoms with van der Waals surface area (Å²) >= 11 is 0. The fourth-order valence-electron chi connectivity index (χ4n) is 3.96. The van der Waals surface area contributed by atoms with Crippen LogP contribution in [0, 0.1) is 6.92 Å². The molecule has 2 aliphatic heterocycles. The summed E-state index contributed by atoms with van der Waals surface area (Å²) in [5, 5.41) is 3.48. The average Bonchev–Trinajstić information content (AvgIpc) is 2.68. The van der Waals surface area contributed by atoms with E-state index in [0.717, 1.165) is 11.2 Å². The summed E-state index contributed by atoms with van der Waals surface area (Å²) < 4.78 is 7.67. The van der Waals surface area contributed by atoms with Gasteiger partial charge in [0.25, 0.3) is 0 Å². The smallest absolute Gasteiger partial charge is 0.246 e. The Morgan fingerprint density at radius 3 is 2.67 bits per heavy atom. The molecular formula is C20H23N3O4. The second-order valence-corrected chi connectivity index (χ2v) is 7.38. The van der Waals surface area contributed by atoms with Crippen molar-refractivity contribution in [1.29, 1.82) is 0 Å². The number of aryl methyl sites for hydroxylation is 1. The molecule has 142 valence electrons. The number of morpholine rings is 1. The molecule has 0 atom stereocenters. The Labute approximate surface area is 156 Å². The lowest BCUT2D eigenvalue weighted by Gasteiger charge is -2.43. The van der Waals surface area contributed by atoms with Gasteiger partial charge in [-0.05, 0) is 31.9 Å². The fraction of sp³-hybridized carbons (Fsp3) is 0.450. The summed E-state index contributed by atoms with van der Waals surface area (Å²) in [6, 6.07) is 8.96. The van der Waals surface area contributed by atoms with Crippen molar-refractivity contribution in [2.45, 2.75) is 31.9 Å². The topological polar surface area (TPSA) is 80.6 Å². The van der Waals surface area contributed by atoms with Crippen LogP contribution in [0.5, 0.6) is 0 Å². The first-order valence-electron chi connectivity index (χ1n) is 9.25. The van der Waals surface area contributed by atoms with Crippen molar-refractivity contribution in [3.8, 4) is 0 Å². The van der Waals surface area contributed by atoms with Gasteiger partial charge in [0, 0.05) is 36.8 Å². The first kappa shape index (κ1) is 17.7. The average molecular weight is 369 g/mol. The first-order valence-corrected chi connectivity index (χ1v) is 9.25. The number of aromatic nitrogens is 1. The van der Waals surface area contributed by atoms with Crippen molar-refractivity contribution < 1.29 is 14.3 Å². The van der Waals surface area contributed by atoms with E-state index in [2.05, 4.69) is 5.32 Å². The number of nitrogens with one attached hydrogen (secondary N) is 1. The van der Waals surface area contributed by atoms with E-state index < -0.39 is 0 Å². The van der Waals surface area contributed by atoms with Gasteiger partial charge in [-0.25, -0.2) is 0 Å². The Kier molecular flexibility index (Phi) is 4.47. The zero-order chi connectivity index (χ0) is 19.0. The molecule has 1 N–H and O–H groups in total. The Balaban J connectivity index is 1.49. The highest BCUT2D eigenvalue weighted by atomic mass is 16.5. The highest BCUT2D eigenvalue weighted by Gasteiger charge is 2.39. The van der Waals surface area contributed by atoms with Gasteiger partial charge in [-0.3, -0.25) is 14.4 Å². The van der Waals surface area contributed by atoms with Crippen molar-refractivity contribution in [3.05, 3.63) is 46.2 Å². The minimum absolute atomic E-state index is 0.0248. The van der Waals surface area contributed by atoms with Crippen molar-refractivity contribution in [2.75, 3.05) is 26.2 Å². The number of ether oxygens (including phenoxy) is 1. The lowest BCUT2D eigenvalue weighted by molar-refractivity contribution is -0.154. The Morgan fingerprint density at radius 2 is 1.96 bits per heavy atom. The molecule has 2 aromatic rings. The molecule has 1 aromatic carbocycles. The maximum absolute atomic E-state index is 12.9. The van der Waals surface area contributed by atoms with E-state index in [0.29, 0.717) is 37.9 Å². The quantitative estimate of drug-likeness (QED) is 0.850. The molecule has 7 nitrogen and oxygen atoms in total. The van der Waals surface area contributed by atoms with Crippen LogP contribution in [0.15, 0.2) is 35.1 Å². The number of benzene rings is 1. The largest absolute Gasteiger partial charge is 0.363 e. The van der Waals surface area contributed by atoms with Crippen molar-refractivity contribution in [2.24, 2.45) is 0 Å². The molecule has 2 fully saturated rings. The van der Waals surface area contributed by atoms with Gasteiger partial charge in [-0.1, -0.05) is 12.1 Å². The maximum atomic E-state index is 12.9. The molecule has 2 saturated heterocycles. The second-order valence-electron chi connectivity index (χ2n) is 7.38. The van der Waals surface area contributed by atoms with Crippen LogP contribution in [-0.2, 0) is 20.9 Å². The zero-order valence-electron chi connectivity index (χ0n) is 15.4. The summed E-state index contributed by atoms with van der Waals surface area (Å²) in [5.41, 5.74) is 1.19. The lowest BCUT2D eigenvalue weighted by Crippen LogP contribution is -2.58. The number of fused-ring (bicyclic) bond motifs is 1. The number of pyridine rings is 1. The molecule has 0 unspecified atom stereocenters. The number of hydrogen-bond donors (Lipinski definition) is 1. The van der Waals surface area contributed by atoms with Crippen LogP contribution >= 0.6 is 0 Å². The molecule has 27 heavy (non-hydrogen) atoms. The summed E-state index contributed by atoms with van der Waals surface area (Å²) in [7, 11) is 0. The van der Waals surface area contributed by atoms with Gasteiger partial charge >= 0.3 is 0 Å². The first-order chi connectivity index (χ1) is 13.0. The molecule has 0 radical (unpaired) electrons. The highest BCUT2D eigenvalue weighted by molar-refractivity contribution is 5.83. The van der Waals surface area contributed by atoms with Crippen LogP contribution < -0.4 is 10.7 Å². The third-order valence-electron chi connectivity index (χ3n) is 5.66. The minimum atomic E-state index is -0.343. The van der Waals surface area contributed by atoms with Gasteiger partial charge in [0.2, 0.25) is 11.8 Å². The molecule has 1 spiro atoms. The number of carbonyl (C=O) groups is 2. The second kappa shape index (κ2) is 6.81. The van der Waals surface area contributed by atoms with E-state index in [4.69, 9.17) is 4.74 Å². The number of para-hydroxylation sites is 1. The number of rotatable bonds is 2. The van der Waals surface area contributed by atoms with E-state index in [9.17, 15) is 14.4 Å². The maximum Gasteiger partial charge on any atom is 0.246 e. The number of carbonyl (C=O) groups excluding carboxylic acids is 2. The molecule has 2 aliphatic rings. The summed E-state index contributed by atoms with van der Waals surface area (Å²) in [5.74, 6) is -0.0544. The summed E-state index contributed by atoms with van der Waals surface area (Å²) in [6.45, 7) is 3.87. The van der Waals surface area contributed by atoms with Crippen molar-refractivity contribution in [1.82, 2.24) is 14.8 Å². The molecule has 0 bridgehead atoms. The van der Waals surface area contributed by atoms with Crippen LogP contribution in [0.4, 0.5) is 0 Å². The van der Waals surface area contributed by atoms with Gasteiger partial charge in [0.1, 0.15) is 13.2 Å². The SMILES string of the molecule is Cc1cc(=O)c2ccccc2n1CC(=O)N1CCC2(CC1)CNC(=O)CO2. The monoisotopic (exact) mass is 369 g/mol. The number of nitrogens with zero attached hydrogens (tertiary/aromatic N) is 2. The summed E-state index contributed by atoms with van der Waals surface area (Å²) in [4.78, 5) is 38.2. The van der Waals surface area contributed by atoms with Crippen molar-refractivity contribution in [3.63, 3.8) is 0 Å². The molecule has 2 amide bonds. The molecule has 3 heterocycles. The van der Waals surface area contributed by atoms with Gasteiger partial charge < -0.3 is 19.5 Å². The predicted octanol–water partition coefficient (Wildman–Crippen LogP) is 0.818. The van der Waals surface area contributed by atoms with Crippen LogP contribution in [-0.4, -0.2) is 53.1 Å².